The van der Waals surface area contributed by atoms with Crippen molar-refractivity contribution in [3.63, 3.8) is 0 Å². The number of hydrogen-bond acceptors (Lipinski definition) is 3. The number of aliphatic hydroxyl groups excluding tert-OH is 1. The van der Waals surface area contributed by atoms with Gasteiger partial charge in [-0.3, -0.25) is 4.79 Å². The van der Waals surface area contributed by atoms with E-state index in [2.05, 4.69) is 24.1 Å². The first-order valence-electron chi connectivity index (χ1n) is 7.71. The maximum absolute atomic E-state index is 11.7. The van der Waals surface area contributed by atoms with E-state index < -0.39 is 6.10 Å². The summed E-state index contributed by atoms with van der Waals surface area (Å²) in [6.45, 7) is 9.49. The van der Waals surface area contributed by atoms with Crippen LogP contribution >= 0.6 is 0 Å². The molecule has 1 rings (SSSR count). The molecule has 19 heavy (non-hydrogen) atoms. The van der Waals surface area contributed by atoms with E-state index in [-0.39, 0.29) is 11.8 Å². The zero-order chi connectivity index (χ0) is 14.3. The Morgan fingerprint density at radius 2 is 2.05 bits per heavy atom. The topological polar surface area (TPSA) is 52.6 Å². The summed E-state index contributed by atoms with van der Waals surface area (Å²) in [7, 11) is 0. The minimum absolute atomic E-state index is 0.0491. The van der Waals surface area contributed by atoms with E-state index in [1.807, 2.05) is 6.92 Å². The molecule has 1 aliphatic rings. The van der Waals surface area contributed by atoms with Crippen molar-refractivity contribution >= 4 is 5.91 Å². The number of rotatable bonds is 7. The highest BCUT2D eigenvalue weighted by molar-refractivity contribution is 5.78. The van der Waals surface area contributed by atoms with Crippen LogP contribution in [0.5, 0.6) is 0 Å². The van der Waals surface area contributed by atoms with Crippen LogP contribution in [0, 0.1) is 11.8 Å². The average molecular weight is 270 g/mol. The third kappa shape index (κ3) is 6.39. The molecule has 0 saturated carbocycles. The van der Waals surface area contributed by atoms with Crippen LogP contribution in [0.25, 0.3) is 0 Å². The fourth-order valence-electron chi connectivity index (χ4n) is 2.56. The molecule has 2 unspecified atom stereocenters. The number of piperidine rings is 1. The van der Waals surface area contributed by atoms with Crippen molar-refractivity contribution in [1.29, 1.82) is 0 Å². The molecule has 0 aromatic carbocycles. The van der Waals surface area contributed by atoms with Gasteiger partial charge in [-0.05, 0) is 38.3 Å². The second kappa shape index (κ2) is 8.54. The second-order valence-corrected chi connectivity index (χ2v) is 6.07. The van der Waals surface area contributed by atoms with Gasteiger partial charge in [0.1, 0.15) is 0 Å². The van der Waals surface area contributed by atoms with Crippen molar-refractivity contribution < 1.29 is 9.90 Å². The molecule has 0 aliphatic carbocycles. The van der Waals surface area contributed by atoms with E-state index in [0.29, 0.717) is 13.1 Å². The molecule has 1 fully saturated rings. The van der Waals surface area contributed by atoms with Gasteiger partial charge in [-0.2, -0.15) is 0 Å². The van der Waals surface area contributed by atoms with Crippen molar-refractivity contribution in [3.05, 3.63) is 0 Å². The van der Waals surface area contributed by atoms with Crippen molar-refractivity contribution in [3.8, 4) is 0 Å². The Labute approximate surface area is 117 Å². The van der Waals surface area contributed by atoms with Gasteiger partial charge in [0.2, 0.25) is 5.91 Å². The molecule has 1 aliphatic heterocycles. The number of amides is 1. The van der Waals surface area contributed by atoms with Gasteiger partial charge in [0.15, 0.2) is 0 Å². The van der Waals surface area contributed by atoms with Crippen LogP contribution in [0.3, 0.4) is 0 Å². The Bertz CT molecular complexity index is 263. The Morgan fingerprint density at radius 1 is 1.42 bits per heavy atom. The number of β-amino-alcohol motifs (C(OH)–C–C–N with tert-alkyl or cyclic N) is 1. The van der Waals surface area contributed by atoms with E-state index >= 15 is 0 Å². The van der Waals surface area contributed by atoms with Crippen LogP contribution < -0.4 is 5.32 Å². The Morgan fingerprint density at radius 3 is 2.63 bits per heavy atom. The van der Waals surface area contributed by atoms with Crippen LogP contribution in [-0.2, 0) is 4.79 Å². The minimum Gasteiger partial charge on any atom is -0.390 e. The van der Waals surface area contributed by atoms with Crippen molar-refractivity contribution in [2.24, 2.45) is 11.8 Å². The molecule has 1 heterocycles. The molecule has 0 spiro atoms. The standard InChI is InChI=1S/C15H30N2O2/c1-4-5-13(3)15(19)16-10-14(18)11-17-8-6-12(2)7-9-17/h12-14,18H,4-11H2,1-3H3,(H,16,19). The predicted molar refractivity (Wildman–Crippen MR) is 77.9 cm³/mol. The average Bonchev–Trinajstić information content (AvgIpc) is 2.39. The summed E-state index contributed by atoms with van der Waals surface area (Å²) >= 11 is 0. The molecule has 1 saturated heterocycles. The molecule has 112 valence electrons. The van der Waals surface area contributed by atoms with Crippen LogP contribution in [0.2, 0.25) is 0 Å². The fourth-order valence-corrected chi connectivity index (χ4v) is 2.56. The fraction of sp³-hybridized carbons (Fsp3) is 0.933. The molecular formula is C15H30N2O2. The van der Waals surface area contributed by atoms with E-state index in [1.54, 1.807) is 0 Å². The van der Waals surface area contributed by atoms with Gasteiger partial charge >= 0.3 is 0 Å². The lowest BCUT2D eigenvalue weighted by atomic mass is 9.99. The molecular weight excluding hydrogens is 240 g/mol. The van der Waals surface area contributed by atoms with Crippen LogP contribution in [-0.4, -0.2) is 48.2 Å². The summed E-state index contributed by atoms with van der Waals surface area (Å²) in [6, 6.07) is 0. The normalized spacial score (nSPS) is 21.1. The van der Waals surface area contributed by atoms with Crippen LogP contribution in [0.4, 0.5) is 0 Å². The monoisotopic (exact) mass is 270 g/mol. The minimum atomic E-state index is -0.453. The van der Waals surface area contributed by atoms with Gasteiger partial charge in [-0.25, -0.2) is 0 Å². The van der Waals surface area contributed by atoms with Gasteiger partial charge in [-0.15, -0.1) is 0 Å². The smallest absolute Gasteiger partial charge is 0.222 e. The van der Waals surface area contributed by atoms with Gasteiger partial charge < -0.3 is 15.3 Å². The number of nitrogens with zero attached hydrogens (tertiary/aromatic N) is 1. The molecule has 4 nitrogen and oxygen atoms in total. The molecule has 0 aromatic rings. The van der Waals surface area contributed by atoms with Gasteiger partial charge in [0, 0.05) is 19.0 Å². The Kier molecular flexibility index (Phi) is 7.39. The summed E-state index contributed by atoms with van der Waals surface area (Å²) < 4.78 is 0. The number of carbonyl (C=O) groups excluding carboxylic acids is 1. The number of hydrogen-bond donors (Lipinski definition) is 2. The molecule has 4 heteroatoms. The lowest BCUT2D eigenvalue weighted by molar-refractivity contribution is -0.125. The van der Waals surface area contributed by atoms with Crippen molar-refractivity contribution in [1.82, 2.24) is 10.2 Å². The molecule has 0 radical (unpaired) electrons. The SMILES string of the molecule is CCCC(C)C(=O)NCC(O)CN1CCC(C)CC1. The zero-order valence-corrected chi connectivity index (χ0v) is 12.7. The summed E-state index contributed by atoms with van der Waals surface area (Å²) in [5.41, 5.74) is 0. The maximum Gasteiger partial charge on any atom is 0.222 e. The molecule has 0 aromatic heterocycles. The largest absolute Gasteiger partial charge is 0.390 e. The highest BCUT2D eigenvalue weighted by Crippen LogP contribution is 2.15. The van der Waals surface area contributed by atoms with E-state index in [9.17, 15) is 9.90 Å². The summed E-state index contributed by atoms with van der Waals surface area (Å²) in [6.07, 6.45) is 3.90. The van der Waals surface area contributed by atoms with Crippen LogP contribution in [0.15, 0.2) is 0 Å². The summed E-state index contributed by atoms with van der Waals surface area (Å²) in [5.74, 6) is 0.921. The van der Waals surface area contributed by atoms with E-state index in [4.69, 9.17) is 0 Å². The number of aliphatic hydroxyl groups is 1. The molecule has 2 atom stereocenters. The van der Waals surface area contributed by atoms with Crippen molar-refractivity contribution in [2.45, 2.75) is 52.6 Å². The first-order chi connectivity index (χ1) is 9.02. The first kappa shape index (κ1) is 16.4. The first-order valence-corrected chi connectivity index (χ1v) is 7.71. The van der Waals surface area contributed by atoms with Crippen LogP contribution in [0.1, 0.15) is 46.5 Å². The lowest BCUT2D eigenvalue weighted by Gasteiger charge is -2.31. The zero-order valence-electron chi connectivity index (χ0n) is 12.7. The lowest BCUT2D eigenvalue weighted by Crippen LogP contribution is -2.43. The van der Waals surface area contributed by atoms with Gasteiger partial charge in [0.05, 0.1) is 6.10 Å². The molecule has 0 bridgehead atoms. The highest BCUT2D eigenvalue weighted by Gasteiger charge is 2.19. The predicted octanol–water partition coefficient (Wildman–Crippen LogP) is 1.63. The summed E-state index contributed by atoms with van der Waals surface area (Å²) in [4.78, 5) is 14.0. The quantitative estimate of drug-likeness (QED) is 0.739. The third-order valence-corrected chi connectivity index (χ3v) is 4.03. The Hall–Kier alpha value is -0.610. The van der Waals surface area contributed by atoms with E-state index in [1.165, 1.54) is 12.8 Å². The van der Waals surface area contributed by atoms with Gasteiger partial charge in [0.25, 0.3) is 0 Å². The van der Waals surface area contributed by atoms with Crippen molar-refractivity contribution in [2.75, 3.05) is 26.2 Å². The van der Waals surface area contributed by atoms with Gasteiger partial charge in [-0.1, -0.05) is 27.2 Å². The maximum atomic E-state index is 11.7. The second-order valence-electron chi connectivity index (χ2n) is 6.07. The highest BCUT2D eigenvalue weighted by atomic mass is 16.3. The number of likely N-dealkylation sites (tertiary alicyclic amines) is 1. The third-order valence-electron chi connectivity index (χ3n) is 4.03. The number of carbonyl (C=O) groups is 1. The molecule has 1 amide bonds. The number of nitrogens with one attached hydrogen (secondary N) is 1. The van der Waals surface area contributed by atoms with E-state index in [0.717, 1.165) is 31.8 Å². The Balaban J connectivity index is 2.17. The summed E-state index contributed by atoms with van der Waals surface area (Å²) in [5, 5.41) is 12.8. The molecule has 2 N–H and O–H groups in total.